The maximum Gasteiger partial charge on any atom is 0.573 e. The van der Waals surface area contributed by atoms with Gasteiger partial charge in [-0.05, 0) is 17.7 Å². The lowest BCUT2D eigenvalue weighted by Crippen LogP contribution is -2.18. The Morgan fingerprint density at radius 1 is 1.33 bits per heavy atom. The Morgan fingerprint density at radius 3 is 2.53 bits per heavy atom. The number of ether oxygens (including phenoxy) is 1. The van der Waals surface area contributed by atoms with Crippen LogP contribution >= 0.6 is 0 Å². The van der Waals surface area contributed by atoms with Crippen LogP contribution in [0.25, 0.3) is 0 Å². The largest absolute Gasteiger partial charge is 0.573 e. The number of alkyl halides is 3. The standard InChI is InChI=1S/C9H5F4NO/c10-7-2-1-6(3-4-14)5-8(7)15-9(11,12)13/h1-2,5H,3H2. The first-order valence-electron chi connectivity index (χ1n) is 3.83. The summed E-state index contributed by atoms with van der Waals surface area (Å²) >= 11 is 0. The van der Waals surface area contributed by atoms with Crippen molar-refractivity contribution < 1.29 is 22.3 Å². The fourth-order valence-corrected chi connectivity index (χ4v) is 0.952. The van der Waals surface area contributed by atoms with Crippen LogP contribution in [0.1, 0.15) is 5.56 Å². The van der Waals surface area contributed by atoms with Crippen molar-refractivity contribution in [1.29, 1.82) is 5.26 Å². The van der Waals surface area contributed by atoms with Crippen molar-refractivity contribution in [3.8, 4) is 11.8 Å². The summed E-state index contributed by atoms with van der Waals surface area (Å²) in [6.45, 7) is 0. The number of benzene rings is 1. The van der Waals surface area contributed by atoms with E-state index >= 15 is 0 Å². The van der Waals surface area contributed by atoms with Gasteiger partial charge in [-0.25, -0.2) is 4.39 Å². The summed E-state index contributed by atoms with van der Waals surface area (Å²) in [6, 6.07) is 4.64. The zero-order valence-electron chi connectivity index (χ0n) is 7.31. The van der Waals surface area contributed by atoms with Crippen LogP contribution in [0, 0.1) is 17.1 Å². The van der Waals surface area contributed by atoms with Gasteiger partial charge >= 0.3 is 6.36 Å². The maximum atomic E-state index is 12.8. The van der Waals surface area contributed by atoms with Crippen molar-refractivity contribution in [2.75, 3.05) is 0 Å². The summed E-state index contributed by atoms with van der Waals surface area (Å²) in [5.41, 5.74) is 0.262. The van der Waals surface area contributed by atoms with E-state index in [0.29, 0.717) is 0 Å². The molecule has 15 heavy (non-hydrogen) atoms. The second kappa shape index (κ2) is 4.17. The molecule has 0 atom stereocenters. The van der Waals surface area contributed by atoms with E-state index in [1.165, 1.54) is 6.07 Å². The van der Waals surface area contributed by atoms with Crippen LogP contribution < -0.4 is 4.74 Å². The van der Waals surface area contributed by atoms with Gasteiger partial charge in [-0.15, -0.1) is 13.2 Å². The van der Waals surface area contributed by atoms with Gasteiger partial charge in [0.05, 0.1) is 12.5 Å². The highest BCUT2D eigenvalue weighted by atomic mass is 19.4. The molecule has 0 aromatic heterocycles. The number of nitriles is 1. The molecule has 2 nitrogen and oxygen atoms in total. The number of rotatable bonds is 2. The van der Waals surface area contributed by atoms with Crippen molar-refractivity contribution >= 4 is 0 Å². The van der Waals surface area contributed by atoms with Gasteiger partial charge in [-0.1, -0.05) is 6.07 Å². The van der Waals surface area contributed by atoms with Gasteiger partial charge in [0.1, 0.15) is 0 Å². The zero-order valence-corrected chi connectivity index (χ0v) is 7.31. The van der Waals surface area contributed by atoms with Gasteiger partial charge < -0.3 is 4.74 Å². The summed E-state index contributed by atoms with van der Waals surface area (Å²) in [4.78, 5) is 0. The highest BCUT2D eigenvalue weighted by Gasteiger charge is 2.32. The van der Waals surface area contributed by atoms with Crippen LogP contribution in [0.2, 0.25) is 0 Å². The molecule has 0 amide bonds. The Bertz CT molecular complexity index is 394. The summed E-state index contributed by atoms with van der Waals surface area (Å²) in [7, 11) is 0. The third-order valence-electron chi connectivity index (χ3n) is 1.50. The number of nitrogens with zero attached hydrogens (tertiary/aromatic N) is 1. The number of hydrogen-bond acceptors (Lipinski definition) is 2. The first-order valence-corrected chi connectivity index (χ1v) is 3.83. The minimum absolute atomic E-state index is 0.103. The van der Waals surface area contributed by atoms with E-state index in [1.54, 1.807) is 6.07 Å². The molecule has 80 valence electrons. The van der Waals surface area contributed by atoms with Gasteiger partial charge in [-0.2, -0.15) is 5.26 Å². The SMILES string of the molecule is N#CCc1ccc(F)c(OC(F)(F)F)c1. The molecular weight excluding hydrogens is 214 g/mol. The van der Waals surface area contributed by atoms with Crippen LogP contribution in [0.15, 0.2) is 18.2 Å². The van der Waals surface area contributed by atoms with Gasteiger partial charge in [0.25, 0.3) is 0 Å². The molecule has 1 aromatic rings. The molecule has 0 spiro atoms. The Kier molecular flexibility index (Phi) is 3.14. The van der Waals surface area contributed by atoms with Crippen molar-refractivity contribution in [3.05, 3.63) is 29.6 Å². The third-order valence-corrected chi connectivity index (χ3v) is 1.50. The summed E-state index contributed by atoms with van der Waals surface area (Å²) in [5.74, 6) is -2.04. The summed E-state index contributed by atoms with van der Waals surface area (Å²) < 4.78 is 51.6. The molecule has 0 heterocycles. The zero-order chi connectivity index (χ0) is 11.5. The summed E-state index contributed by atoms with van der Waals surface area (Å²) in [5, 5.41) is 8.31. The van der Waals surface area contributed by atoms with E-state index in [1.807, 2.05) is 0 Å². The highest BCUT2D eigenvalue weighted by Crippen LogP contribution is 2.26. The fourth-order valence-electron chi connectivity index (χ4n) is 0.952. The summed E-state index contributed by atoms with van der Waals surface area (Å²) in [6.07, 6.45) is -5.04. The van der Waals surface area contributed by atoms with Crippen molar-refractivity contribution in [2.24, 2.45) is 0 Å². The van der Waals surface area contributed by atoms with Crippen LogP contribution in [-0.4, -0.2) is 6.36 Å². The van der Waals surface area contributed by atoms with Gasteiger partial charge in [0.2, 0.25) is 0 Å². The van der Waals surface area contributed by atoms with Crippen LogP contribution in [-0.2, 0) is 6.42 Å². The highest BCUT2D eigenvalue weighted by molar-refractivity contribution is 5.31. The second-order valence-corrected chi connectivity index (χ2v) is 2.65. The van der Waals surface area contributed by atoms with Crippen molar-refractivity contribution in [3.63, 3.8) is 0 Å². The third kappa shape index (κ3) is 3.46. The van der Waals surface area contributed by atoms with Crippen molar-refractivity contribution in [2.45, 2.75) is 12.8 Å². The normalized spacial score (nSPS) is 10.9. The molecule has 0 unspecified atom stereocenters. The minimum Gasteiger partial charge on any atom is -0.403 e. The first kappa shape index (κ1) is 11.3. The lowest BCUT2D eigenvalue weighted by molar-refractivity contribution is -0.275. The fraction of sp³-hybridized carbons (Fsp3) is 0.222. The van der Waals surface area contributed by atoms with E-state index in [-0.39, 0.29) is 12.0 Å². The predicted molar refractivity (Wildman–Crippen MR) is 42.4 cm³/mol. The molecule has 0 radical (unpaired) electrons. The van der Waals surface area contributed by atoms with Crippen LogP contribution in [0.5, 0.6) is 5.75 Å². The Labute approximate surface area is 82.7 Å². The molecule has 0 aliphatic heterocycles. The second-order valence-electron chi connectivity index (χ2n) is 2.65. The molecule has 6 heteroatoms. The Hall–Kier alpha value is -1.77. The predicted octanol–water partition coefficient (Wildman–Crippen LogP) is 2.79. The van der Waals surface area contributed by atoms with Crippen LogP contribution in [0.4, 0.5) is 17.6 Å². The lowest BCUT2D eigenvalue weighted by atomic mass is 10.1. The average molecular weight is 219 g/mol. The maximum absolute atomic E-state index is 12.8. The van der Waals surface area contributed by atoms with Gasteiger partial charge in [0, 0.05) is 0 Å². The van der Waals surface area contributed by atoms with E-state index in [4.69, 9.17) is 5.26 Å². The smallest absolute Gasteiger partial charge is 0.403 e. The molecule has 0 aliphatic carbocycles. The van der Waals surface area contributed by atoms with Gasteiger partial charge in [-0.3, -0.25) is 0 Å². The molecular formula is C9H5F4NO. The van der Waals surface area contributed by atoms with Crippen molar-refractivity contribution in [1.82, 2.24) is 0 Å². The Morgan fingerprint density at radius 2 is 2.00 bits per heavy atom. The topological polar surface area (TPSA) is 33.0 Å². The molecule has 0 saturated heterocycles. The Balaban J connectivity index is 2.96. The average Bonchev–Trinajstić information content (AvgIpc) is 2.09. The van der Waals surface area contributed by atoms with Gasteiger partial charge in [0.15, 0.2) is 11.6 Å². The quantitative estimate of drug-likeness (QED) is 0.716. The first-order chi connectivity index (χ1) is 6.92. The molecule has 0 N–H and O–H groups in total. The number of halogens is 4. The minimum atomic E-state index is -4.94. The van der Waals surface area contributed by atoms with E-state index in [2.05, 4.69) is 4.74 Å². The molecule has 0 aliphatic rings. The van der Waals surface area contributed by atoms with Crippen LogP contribution in [0.3, 0.4) is 0 Å². The van der Waals surface area contributed by atoms with E-state index in [0.717, 1.165) is 12.1 Å². The molecule has 0 fully saturated rings. The molecule has 1 rings (SSSR count). The lowest BCUT2D eigenvalue weighted by Gasteiger charge is -2.10. The monoisotopic (exact) mass is 219 g/mol. The molecule has 1 aromatic carbocycles. The number of hydrogen-bond donors (Lipinski definition) is 0. The van der Waals surface area contributed by atoms with E-state index < -0.39 is 17.9 Å². The molecule has 0 saturated carbocycles. The molecule has 0 bridgehead atoms. The van der Waals surface area contributed by atoms with E-state index in [9.17, 15) is 17.6 Å².